The molecule has 9 aliphatic heterocycles. The van der Waals surface area contributed by atoms with Gasteiger partial charge in [0.05, 0.1) is 61.2 Å². The highest BCUT2D eigenvalue weighted by Crippen LogP contribution is 2.53. The van der Waals surface area contributed by atoms with Gasteiger partial charge in [0, 0.05) is 145 Å². The number of hydrogen-bond acceptors (Lipinski definition) is 21. The lowest BCUT2D eigenvalue weighted by atomic mass is 9.92. The summed E-state index contributed by atoms with van der Waals surface area (Å²) in [5.41, 5.74) is 9.37. The molecule has 6 saturated heterocycles. The molecule has 19 rings (SSSR count). The van der Waals surface area contributed by atoms with Gasteiger partial charge in [-0.3, -0.25) is 32.9 Å². The monoisotopic (exact) mass is 1810 g/mol. The average Bonchev–Trinajstić information content (AvgIpc) is 0.926. The lowest BCUT2D eigenvalue weighted by Crippen LogP contribution is -2.58. The molecule has 6 fully saturated rings. The van der Waals surface area contributed by atoms with Crippen LogP contribution in [0, 0.1) is 18.6 Å². The molecule has 678 valence electrons. The summed E-state index contributed by atoms with van der Waals surface area (Å²) < 4.78 is 86.6. The Balaban J connectivity index is 0.000000136. The number of rotatable bonds is 17. The van der Waals surface area contributed by atoms with Crippen LogP contribution >= 0.6 is 23.2 Å². The minimum atomic E-state index is -3.21. The first kappa shape index (κ1) is 89.2. The number of fused-ring (bicyclic) bond motifs is 1. The van der Waals surface area contributed by atoms with Crippen molar-refractivity contribution in [3.05, 3.63) is 192 Å². The Bertz CT molecular complexity index is 6390. The van der Waals surface area contributed by atoms with Gasteiger partial charge >= 0.3 is 23.7 Å². The van der Waals surface area contributed by atoms with Gasteiger partial charge < -0.3 is 73.8 Å². The van der Waals surface area contributed by atoms with Crippen molar-refractivity contribution in [3.63, 3.8) is 0 Å². The number of pyridine rings is 1. The number of aromatic nitrogens is 7. The van der Waals surface area contributed by atoms with Crippen LogP contribution in [0.1, 0.15) is 104 Å². The van der Waals surface area contributed by atoms with Gasteiger partial charge in [-0.2, -0.15) is 23.7 Å². The Kier molecular flexibility index (Phi) is 25.3. The van der Waals surface area contributed by atoms with E-state index in [1.54, 1.807) is 43.3 Å². The van der Waals surface area contributed by atoms with Crippen LogP contribution in [0.4, 0.5) is 40.7 Å². The Hall–Kier alpha value is -11.8. The smallest absolute Gasteiger partial charge is 0.387 e. The number of piperazine rings is 3. The second-order valence-corrected chi connectivity index (χ2v) is 36.1. The highest BCUT2D eigenvalue weighted by Gasteiger charge is 2.43. The fourth-order valence-corrected chi connectivity index (χ4v) is 21.0. The van der Waals surface area contributed by atoms with Crippen molar-refractivity contribution >= 4 is 108 Å². The van der Waals surface area contributed by atoms with E-state index >= 15 is 8.78 Å². The van der Waals surface area contributed by atoms with Gasteiger partial charge in [-0.15, -0.1) is 0 Å². The number of aromatic amines is 1. The Morgan fingerprint density at radius 1 is 0.504 bits per heavy atom. The number of likely N-dealkylation sites (tertiary alicyclic amines) is 3. The molecule has 3 amide bonds. The van der Waals surface area contributed by atoms with Crippen LogP contribution < -0.4 is 62.0 Å². The predicted molar refractivity (Wildman–Crippen MR) is 493 cm³/mol. The molecule has 129 heavy (non-hydrogen) atoms. The first-order chi connectivity index (χ1) is 62.0. The molecular weight excluding hydrogens is 1700 g/mol. The first-order valence-corrected chi connectivity index (χ1v) is 45.0. The molecule has 28 nitrogen and oxygen atoms in total. The van der Waals surface area contributed by atoms with Crippen LogP contribution in [0.5, 0.6) is 23.0 Å². The summed E-state index contributed by atoms with van der Waals surface area (Å²) in [7, 11) is 0. The van der Waals surface area contributed by atoms with Crippen LogP contribution in [-0.2, 0) is 14.4 Å². The van der Waals surface area contributed by atoms with E-state index in [1.807, 2.05) is 98.1 Å². The van der Waals surface area contributed by atoms with E-state index < -0.39 is 41.4 Å². The molecule has 4 aromatic heterocycles. The maximum atomic E-state index is 15.5. The lowest BCUT2D eigenvalue weighted by Gasteiger charge is -2.45. The first-order valence-electron chi connectivity index (χ1n) is 44.2. The van der Waals surface area contributed by atoms with E-state index in [1.165, 1.54) is 42.5 Å². The van der Waals surface area contributed by atoms with E-state index in [0.29, 0.717) is 133 Å². The molecule has 0 spiro atoms. The van der Waals surface area contributed by atoms with E-state index in [-0.39, 0.29) is 129 Å². The molecular formula is C95H105Cl2F4N17O11. The number of alkyl halides is 2. The van der Waals surface area contributed by atoms with Crippen LogP contribution in [-0.4, -0.2) is 242 Å². The van der Waals surface area contributed by atoms with Crippen LogP contribution in [0.3, 0.4) is 0 Å². The molecule has 3 N–H and O–H groups in total. The predicted octanol–water partition coefficient (Wildman–Crippen LogP) is 13.0. The van der Waals surface area contributed by atoms with Gasteiger partial charge in [-0.05, 0) is 204 Å². The van der Waals surface area contributed by atoms with E-state index in [2.05, 4.69) is 54.3 Å². The summed E-state index contributed by atoms with van der Waals surface area (Å²) in [6.07, 6.45) is 12.3. The number of ether oxygens (including phenoxy) is 4. The standard InChI is InChI=1S/C34H38N6O4.C32H35ClF3N5O4.C29H32ClFN6O3/c1-5-27(41)38-16-22(4)39(17-21(38)3)32-26-11-10-25(28-20(2)8-9-23-12-13-35-33(42)29(23)28)31-30(26)40(34(43)36-32)24(19-44-31)18-37-14-6-7-15-37;1-4-25(42)39-14-19(3)40(15-18(39)2)30-21-13-22(33)26(27-23(34)9-8-10-24(27)45-31(35)36)29-28(21)41(32(43)37-30)20(17-44-29)16-38-11-6-5-7-12-38;1-4-23(38)35-12-17(3)36(13-16(35)2)28-19-11-20(30)24(25-21(31)7-5-8-22(25)32)27-26(19)37(29(39)33-28)18(15-40-27)14-34-9-6-10-34/h5,8-13,21-22,24H,1,6-7,14-19H2,2-4H3,(H,35,42);4,8-10,13,18-20,31H,1,5-7,11-12,14-17H2,2-3H3;4-5,7-8,11,16-18H,1,6,9-10,12-15,32H2,2-3H3/t21-,22+,24?;18-,19+,20?;16-,17+,18?/m111/s1. The maximum absolute atomic E-state index is 15.5. The number of aryl methyl sites for hydroxylation is 1. The minimum Gasteiger partial charge on any atom is -0.488 e. The molecule has 6 aromatic carbocycles. The summed E-state index contributed by atoms with van der Waals surface area (Å²) in [4.78, 5) is 128. The van der Waals surface area contributed by atoms with Crippen molar-refractivity contribution < 1.29 is 50.9 Å². The van der Waals surface area contributed by atoms with Crippen LogP contribution in [0.15, 0.2) is 142 Å². The molecule has 3 unspecified atom stereocenters. The fourth-order valence-electron chi connectivity index (χ4n) is 20.5. The topological polar surface area (TPSA) is 281 Å². The average molecular weight is 1810 g/mol. The summed E-state index contributed by atoms with van der Waals surface area (Å²) in [5.74, 6) is 0.228. The number of hydrogen-bond donors (Lipinski definition) is 2. The van der Waals surface area contributed by atoms with Crippen molar-refractivity contribution in [2.75, 3.05) is 138 Å². The number of carbonyl (C=O) groups excluding carboxylic acids is 3. The SMILES string of the molecule is C=CC(=O)N1C[C@H](C)N(c2nc(=O)n3c4c(c(-c5c(C)ccc6cc[nH]c(=O)c56)ccc24)OCC3CN2CCCC2)C[C@H]1C.C=CC(=O)N1C[C@H](C)N(c2nc(=O)n3c4c(c(-c5c(F)cccc5OC(F)F)c(Cl)cc24)OCC3CN2CCCCC2)C[C@H]1C.C=CC(=O)N1C[C@H](C)N(c2nc(=O)n3c4c(c(-c5c(N)cccc5F)c(Cl)cc24)OCC3CN2CCC2)C[C@H]1C. The maximum Gasteiger partial charge on any atom is 0.387 e. The molecule has 10 aromatic rings. The van der Waals surface area contributed by atoms with E-state index in [0.717, 1.165) is 111 Å². The zero-order valence-electron chi connectivity index (χ0n) is 73.2. The Labute approximate surface area is 752 Å². The Morgan fingerprint density at radius 2 is 0.915 bits per heavy atom. The third kappa shape index (κ3) is 16.6. The van der Waals surface area contributed by atoms with Crippen LogP contribution in [0.2, 0.25) is 10.0 Å². The lowest BCUT2D eigenvalue weighted by molar-refractivity contribution is -0.129. The number of nitrogen functional groups attached to an aromatic ring is 1. The van der Waals surface area contributed by atoms with Gasteiger partial charge in [0.15, 0.2) is 17.2 Å². The second kappa shape index (κ2) is 36.6. The van der Waals surface area contributed by atoms with Gasteiger partial charge in [-0.1, -0.05) is 73.6 Å². The van der Waals surface area contributed by atoms with Crippen LogP contribution in [0.25, 0.3) is 76.9 Å². The number of nitrogens with one attached hydrogen (secondary N) is 1. The number of nitrogens with zero attached hydrogens (tertiary/aromatic N) is 15. The fraction of sp³-hybridized carbons (Fsp3) is 0.432. The molecule has 13 heterocycles. The molecule has 0 saturated carbocycles. The molecule has 0 bridgehead atoms. The number of H-pyrrole nitrogens is 1. The highest BCUT2D eigenvalue weighted by atomic mass is 35.5. The van der Waals surface area contributed by atoms with Gasteiger partial charge in [0.1, 0.15) is 54.7 Å². The number of carbonyl (C=O) groups is 3. The highest BCUT2D eigenvalue weighted by molar-refractivity contribution is 6.36. The zero-order chi connectivity index (χ0) is 91.0. The summed E-state index contributed by atoms with van der Waals surface area (Å²) in [5, 5.41) is 3.65. The third-order valence-electron chi connectivity index (χ3n) is 26.9. The normalized spacial score (nSPS) is 22.2. The molecule has 9 atom stereocenters. The Morgan fingerprint density at radius 3 is 1.35 bits per heavy atom. The van der Waals surface area contributed by atoms with Crippen molar-refractivity contribution in [3.8, 4) is 56.4 Å². The summed E-state index contributed by atoms with van der Waals surface area (Å²) in [6.45, 7) is 32.5. The van der Waals surface area contributed by atoms with E-state index in [9.17, 15) is 42.3 Å². The molecule has 9 aliphatic rings. The van der Waals surface area contributed by atoms with Gasteiger partial charge in [0.2, 0.25) is 17.7 Å². The number of piperidine rings is 1. The number of nitrogens with two attached hydrogens (primary N) is 1. The van der Waals surface area contributed by atoms with Crippen molar-refractivity contribution in [1.29, 1.82) is 0 Å². The van der Waals surface area contributed by atoms with Crippen molar-refractivity contribution in [2.45, 2.75) is 148 Å². The minimum absolute atomic E-state index is 0.0162. The van der Waals surface area contributed by atoms with E-state index in [4.69, 9.17) is 52.9 Å². The van der Waals surface area contributed by atoms with Crippen molar-refractivity contribution in [1.82, 2.24) is 63.0 Å². The number of halogens is 6. The summed E-state index contributed by atoms with van der Waals surface area (Å²) in [6, 6.07) is 19.5. The summed E-state index contributed by atoms with van der Waals surface area (Å²) >= 11 is 13.8. The van der Waals surface area contributed by atoms with Crippen molar-refractivity contribution in [2.24, 2.45) is 0 Å². The number of amides is 3. The number of benzene rings is 6. The number of anilines is 4. The zero-order valence-corrected chi connectivity index (χ0v) is 74.7. The van der Waals surface area contributed by atoms with Gasteiger partial charge in [0.25, 0.3) is 5.56 Å². The quantitative estimate of drug-likeness (QED) is 0.0487. The molecule has 34 heteroatoms. The molecule has 0 aliphatic carbocycles. The van der Waals surface area contributed by atoms with Gasteiger partial charge in [-0.25, -0.2) is 23.2 Å². The largest absolute Gasteiger partial charge is 0.488 e. The third-order valence-corrected chi connectivity index (χ3v) is 27.5. The molecule has 0 radical (unpaired) electrons. The second-order valence-electron chi connectivity index (χ2n) is 35.3.